The Kier molecular flexibility index (Phi) is 9.71. The third kappa shape index (κ3) is 6.15. The van der Waals surface area contributed by atoms with Crippen LogP contribution in [0.4, 0.5) is 0 Å². The first-order valence-electron chi connectivity index (χ1n) is 16.4. The predicted molar refractivity (Wildman–Crippen MR) is 180 cm³/mol. The molecule has 0 aliphatic carbocycles. The van der Waals surface area contributed by atoms with Crippen molar-refractivity contribution in [1.82, 2.24) is 14.7 Å². The maximum absolute atomic E-state index is 14.9. The van der Waals surface area contributed by atoms with Crippen molar-refractivity contribution in [3.63, 3.8) is 0 Å². The Morgan fingerprint density at radius 2 is 1.36 bits per heavy atom. The number of nitrogens with zero attached hydrogens (tertiary/aromatic N) is 3. The van der Waals surface area contributed by atoms with Crippen LogP contribution in [0.5, 0.6) is 0 Å². The fraction of sp³-hybridized carbons (Fsp3) is 0.359. The second-order valence-electron chi connectivity index (χ2n) is 12.8. The molecule has 0 aromatic heterocycles. The number of aliphatic hydroxyl groups is 1. The minimum atomic E-state index is -1.19. The number of likely N-dealkylation sites (tertiary alicyclic amines) is 1. The van der Waals surface area contributed by atoms with E-state index in [1.807, 2.05) is 91.0 Å². The lowest BCUT2D eigenvalue weighted by Gasteiger charge is -2.39. The maximum Gasteiger partial charge on any atom is 0.249 e. The molecule has 3 aliphatic heterocycles. The van der Waals surface area contributed by atoms with Gasteiger partial charge in [-0.25, -0.2) is 0 Å². The molecule has 2 unspecified atom stereocenters. The molecule has 8 nitrogen and oxygen atoms in total. The zero-order valence-corrected chi connectivity index (χ0v) is 26.7. The maximum atomic E-state index is 14.9. The summed E-state index contributed by atoms with van der Waals surface area (Å²) < 4.78 is 6.76. The molecular formula is C39H43N3O5. The predicted octanol–water partition coefficient (Wildman–Crippen LogP) is 4.39. The monoisotopic (exact) mass is 633 g/mol. The minimum absolute atomic E-state index is 0.178. The van der Waals surface area contributed by atoms with Gasteiger partial charge in [-0.15, -0.1) is 13.2 Å². The highest BCUT2D eigenvalue weighted by atomic mass is 16.5. The lowest BCUT2D eigenvalue weighted by Crippen LogP contribution is -2.59. The normalized spacial score (nSPS) is 24.9. The lowest BCUT2D eigenvalue weighted by molar-refractivity contribution is -0.152. The average molecular weight is 634 g/mol. The van der Waals surface area contributed by atoms with Crippen LogP contribution >= 0.6 is 0 Å². The molecule has 1 N–H and O–H groups in total. The molecule has 3 heterocycles. The molecule has 244 valence electrons. The molecule has 8 heteroatoms. The third-order valence-corrected chi connectivity index (χ3v) is 9.93. The molecule has 3 aromatic rings. The second kappa shape index (κ2) is 14.1. The zero-order chi connectivity index (χ0) is 33.0. The van der Waals surface area contributed by atoms with Crippen LogP contribution in [-0.2, 0) is 38.6 Å². The molecule has 3 aliphatic rings. The van der Waals surface area contributed by atoms with Crippen molar-refractivity contribution < 1.29 is 24.2 Å². The topological polar surface area (TPSA) is 90.4 Å². The van der Waals surface area contributed by atoms with Crippen molar-refractivity contribution in [2.75, 3.05) is 19.7 Å². The van der Waals surface area contributed by atoms with Gasteiger partial charge in [-0.2, -0.15) is 0 Å². The number of carbonyl (C=O) groups excluding carboxylic acids is 3. The van der Waals surface area contributed by atoms with Crippen LogP contribution in [0.2, 0.25) is 0 Å². The van der Waals surface area contributed by atoms with Crippen LogP contribution in [0.1, 0.15) is 29.5 Å². The van der Waals surface area contributed by atoms with Gasteiger partial charge in [-0.1, -0.05) is 103 Å². The van der Waals surface area contributed by atoms with E-state index in [0.717, 1.165) is 16.7 Å². The van der Waals surface area contributed by atoms with E-state index in [4.69, 9.17) is 4.74 Å². The Bertz CT molecular complexity index is 1580. The Balaban J connectivity index is 1.39. The van der Waals surface area contributed by atoms with Gasteiger partial charge in [0, 0.05) is 26.2 Å². The number of carbonyl (C=O) groups is 3. The molecule has 0 saturated carbocycles. The molecule has 3 fully saturated rings. The number of fused-ring (bicyclic) bond motifs is 1. The fourth-order valence-corrected chi connectivity index (χ4v) is 7.95. The summed E-state index contributed by atoms with van der Waals surface area (Å²) in [6.07, 6.45) is 4.28. The SMILES string of the molecule is C=CCN(Cc1ccccc1)C(=O)C1N([C@@H](CO)Cc2ccccc2)C(=O)[C@@H]2[C@H](C(=O)N(CC=C)Cc3ccccc3)[C@@H]3CCC12O3. The molecule has 2 bridgehead atoms. The van der Waals surface area contributed by atoms with Gasteiger partial charge in [0.15, 0.2) is 0 Å². The van der Waals surface area contributed by atoms with Crippen molar-refractivity contribution in [3.8, 4) is 0 Å². The molecule has 3 amide bonds. The molecule has 3 saturated heterocycles. The number of hydrogen-bond donors (Lipinski definition) is 1. The minimum Gasteiger partial charge on any atom is -0.394 e. The average Bonchev–Trinajstić information content (AvgIpc) is 3.75. The molecule has 3 aromatic carbocycles. The van der Waals surface area contributed by atoms with Crippen molar-refractivity contribution in [1.29, 1.82) is 0 Å². The van der Waals surface area contributed by atoms with E-state index in [0.29, 0.717) is 38.9 Å². The van der Waals surface area contributed by atoms with Gasteiger partial charge in [0.2, 0.25) is 17.7 Å². The first kappa shape index (κ1) is 32.4. The van der Waals surface area contributed by atoms with Crippen LogP contribution < -0.4 is 0 Å². The zero-order valence-electron chi connectivity index (χ0n) is 26.7. The van der Waals surface area contributed by atoms with Crippen LogP contribution in [0.25, 0.3) is 0 Å². The molecule has 0 radical (unpaired) electrons. The van der Waals surface area contributed by atoms with Crippen molar-refractivity contribution in [2.45, 2.75) is 56.1 Å². The Hall–Kier alpha value is -4.53. The highest BCUT2D eigenvalue weighted by Crippen LogP contribution is 2.59. The number of amides is 3. The summed E-state index contributed by atoms with van der Waals surface area (Å²) >= 11 is 0. The Labute approximate surface area is 276 Å². The number of rotatable bonds is 14. The Morgan fingerprint density at radius 1 is 0.851 bits per heavy atom. The van der Waals surface area contributed by atoms with Gasteiger partial charge in [0.25, 0.3) is 0 Å². The van der Waals surface area contributed by atoms with Crippen molar-refractivity contribution in [3.05, 3.63) is 133 Å². The van der Waals surface area contributed by atoms with Gasteiger partial charge < -0.3 is 24.5 Å². The lowest BCUT2D eigenvalue weighted by atomic mass is 9.70. The van der Waals surface area contributed by atoms with Crippen LogP contribution in [0.15, 0.2) is 116 Å². The van der Waals surface area contributed by atoms with Gasteiger partial charge in [0.1, 0.15) is 11.6 Å². The summed E-state index contributed by atoms with van der Waals surface area (Å²) in [4.78, 5) is 49.2. The number of aliphatic hydroxyl groups excluding tert-OH is 1. The van der Waals surface area contributed by atoms with Gasteiger partial charge in [0.05, 0.1) is 30.6 Å². The molecule has 1 spiro atoms. The fourth-order valence-electron chi connectivity index (χ4n) is 7.95. The van der Waals surface area contributed by atoms with E-state index in [9.17, 15) is 19.5 Å². The second-order valence-corrected chi connectivity index (χ2v) is 12.8. The standard InChI is InChI=1S/C39H43N3O5/c1-3-22-40(25-29-16-10-6-11-17-29)36(44)33-32-20-21-39(47-32)34(33)37(45)42(31(27-43)24-28-14-8-5-9-15-28)35(39)38(46)41(23-4-2)26-30-18-12-7-13-19-30/h3-19,31-35,43H,1-2,20-27H2/t31-,32+,33-,34+,35?,39?/m1/s1. The summed E-state index contributed by atoms with van der Waals surface area (Å²) in [5.41, 5.74) is 1.66. The van der Waals surface area contributed by atoms with E-state index < -0.39 is 35.6 Å². The summed E-state index contributed by atoms with van der Waals surface area (Å²) in [7, 11) is 0. The van der Waals surface area contributed by atoms with Crippen LogP contribution in [-0.4, -0.2) is 81.0 Å². The van der Waals surface area contributed by atoms with E-state index in [1.54, 1.807) is 26.9 Å². The van der Waals surface area contributed by atoms with Gasteiger partial charge in [-0.3, -0.25) is 14.4 Å². The summed E-state index contributed by atoms with van der Waals surface area (Å²) in [6, 6.07) is 27.4. The van der Waals surface area contributed by atoms with Crippen molar-refractivity contribution >= 4 is 17.7 Å². The van der Waals surface area contributed by atoms with E-state index in [1.165, 1.54) is 0 Å². The number of ether oxygens (including phenoxy) is 1. The van der Waals surface area contributed by atoms with E-state index in [-0.39, 0.29) is 30.9 Å². The third-order valence-electron chi connectivity index (χ3n) is 9.93. The summed E-state index contributed by atoms with van der Waals surface area (Å²) in [5, 5.41) is 10.8. The summed E-state index contributed by atoms with van der Waals surface area (Å²) in [6.45, 7) is 8.72. The van der Waals surface area contributed by atoms with Crippen LogP contribution in [0.3, 0.4) is 0 Å². The Morgan fingerprint density at radius 3 is 1.87 bits per heavy atom. The van der Waals surface area contributed by atoms with Gasteiger partial charge >= 0.3 is 0 Å². The van der Waals surface area contributed by atoms with Crippen LogP contribution in [0, 0.1) is 11.8 Å². The van der Waals surface area contributed by atoms with Crippen molar-refractivity contribution in [2.24, 2.45) is 11.8 Å². The molecule has 6 atom stereocenters. The smallest absolute Gasteiger partial charge is 0.249 e. The summed E-state index contributed by atoms with van der Waals surface area (Å²) in [5.74, 6) is -2.36. The molecular weight excluding hydrogens is 590 g/mol. The van der Waals surface area contributed by atoms with E-state index in [2.05, 4.69) is 13.2 Å². The molecule has 6 rings (SSSR count). The quantitative estimate of drug-likeness (QED) is 0.266. The number of hydrogen-bond acceptors (Lipinski definition) is 5. The van der Waals surface area contributed by atoms with Gasteiger partial charge in [-0.05, 0) is 36.0 Å². The highest BCUT2D eigenvalue weighted by Gasteiger charge is 2.75. The van der Waals surface area contributed by atoms with E-state index >= 15 is 0 Å². The first-order chi connectivity index (χ1) is 22.9. The highest BCUT2D eigenvalue weighted by molar-refractivity contribution is 5.99. The number of benzene rings is 3. The largest absolute Gasteiger partial charge is 0.394 e. The first-order valence-corrected chi connectivity index (χ1v) is 16.4. The molecule has 47 heavy (non-hydrogen) atoms.